The zero-order valence-corrected chi connectivity index (χ0v) is 16.5. The maximum atomic E-state index is 13.9. The predicted octanol–water partition coefficient (Wildman–Crippen LogP) is 4.93. The Labute approximate surface area is 171 Å². The van der Waals surface area contributed by atoms with Crippen molar-refractivity contribution in [3.05, 3.63) is 52.9 Å². The van der Waals surface area contributed by atoms with Crippen molar-refractivity contribution in [2.45, 2.75) is 25.7 Å². The van der Waals surface area contributed by atoms with Crippen molar-refractivity contribution < 1.29 is 23.5 Å². The molecule has 1 saturated heterocycles. The highest BCUT2D eigenvalue weighted by molar-refractivity contribution is 8.26. The Bertz CT molecular complexity index is 938. The first kappa shape index (κ1) is 20.3. The van der Waals surface area contributed by atoms with Crippen LogP contribution in [0, 0.1) is 5.82 Å². The highest BCUT2D eigenvalue weighted by atomic mass is 32.2. The molecule has 1 aromatic heterocycles. The number of furan rings is 1. The van der Waals surface area contributed by atoms with E-state index in [9.17, 15) is 14.0 Å². The van der Waals surface area contributed by atoms with Crippen LogP contribution in [0.25, 0.3) is 17.4 Å². The lowest BCUT2D eigenvalue weighted by Crippen LogP contribution is -2.29. The summed E-state index contributed by atoms with van der Waals surface area (Å²) in [4.78, 5) is 25.1. The maximum Gasteiger partial charge on any atom is 0.303 e. The third kappa shape index (κ3) is 4.88. The van der Waals surface area contributed by atoms with Gasteiger partial charge in [0.05, 0.1) is 10.5 Å². The Hall–Kier alpha value is -2.45. The molecule has 0 bridgehead atoms. The SMILES string of the molecule is O=C(O)CCCCCN1C(=O)/C(=C\c2ccc(-c3ccccc3F)o2)SC1=S. The van der Waals surface area contributed by atoms with E-state index in [0.29, 0.717) is 52.1 Å². The number of hydrogen-bond donors (Lipinski definition) is 1. The average Bonchev–Trinajstić information content (AvgIpc) is 3.21. The fraction of sp³-hybridized carbons (Fsp3) is 0.250. The molecule has 1 fully saturated rings. The Kier molecular flexibility index (Phi) is 6.64. The molecule has 2 heterocycles. The van der Waals surface area contributed by atoms with Gasteiger partial charge in [-0.1, -0.05) is 42.5 Å². The molecule has 1 amide bonds. The van der Waals surface area contributed by atoms with E-state index in [1.54, 1.807) is 36.4 Å². The second-order valence-corrected chi connectivity index (χ2v) is 7.90. The molecule has 0 aliphatic carbocycles. The van der Waals surface area contributed by atoms with Crippen molar-refractivity contribution in [2.24, 2.45) is 0 Å². The van der Waals surface area contributed by atoms with Gasteiger partial charge in [0.2, 0.25) is 0 Å². The van der Waals surface area contributed by atoms with E-state index in [-0.39, 0.29) is 18.1 Å². The van der Waals surface area contributed by atoms with Crippen LogP contribution in [0.3, 0.4) is 0 Å². The first-order valence-electron chi connectivity index (χ1n) is 8.77. The molecule has 0 radical (unpaired) electrons. The van der Waals surface area contributed by atoms with Crippen LogP contribution in [0.1, 0.15) is 31.4 Å². The summed E-state index contributed by atoms with van der Waals surface area (Å²) in [6, 6.07) is 9.66. The number of unbranched alkanes of at least 4 members (excludes halogenated alkanes) is 2. The molecule has 28 heavy (non-hydrogen) atoms. The summed E-state index contributed by atoms with van der Waals surface area (Å²) in [6.45, 7) is 0.459. The number of carbonyl (C=O) groups is 2. The van der Waals surface area contributed by atoms with Crippen molar-refractivity contribution in [3.63, 3.8) is 0 Å². The Morgan fingerprint density at radius 1 is 1.21 bits per heavy atom. The first-order chi connectivity index (χ1) is 13.5. The van der Waals surface area contributed by atoms with Gasteiger partial charge >= 0.3 is 5.97 Å². The van der Waals surface area contributed by atoms with E-state index in [1.807, 2.05) is 0 Å². The van der Waals surface area contributed by atoms with Crippen molar-refractivity contribution in [1.29, 1.82) is 0 Å². The fourth-order valence-electron chi connectivity index (χ4n) is 2.78. The van der Waals surface area contributed by atoms with E-state index in [4.69, 9.17) is 21.7 Å². The van der Waals surface area contributed by atoms with Crippen LogP contribution < -0.4 is 0 Å². The summed E-state index contributed by atoms with van der Waals surface area (Å²) in [5.41, 5.74) is 0.357. The third-order valence-electron chi connectivity index (χ3n) is 4.19. The second-order valence-electron chi connectivity index (χ2n) is 6.22. The van der Waals surface area contributed by atoms with Gasteiger partial charge in [0, 0.05) is 19.0 Å². The van der Waals surface area contributed by atoms with Gasteiger partial charge in [-0.15, -0.1) is 0 Å². The third-order valence-corrected chi connectivity index (χ3v) is 5.56. The number of rotatable bonds is 8. The van der Waals surface area contributed by atoms with E-state index in [1.165, 1.54) is 22.7 Å². The Morgan fingerprint density at radius 3 is 2.75 bits per heavy atom. The van der Waals surface area contributed by atoms with Gasteiger partial charge in [-0.2, -0.15) is 0 Å². The second kappa shape index (κ2) is 9.16. The minimum Gasteiger partial charge on any atom is -0.481 e. The molecule has 0 spiro atoms. The van der Waals surface area contributed by atoms with Gasteiger partial charge in [0.1, 0.15) is 21.7 Å². The Balaban J connectivity index is 1.64. The van der Waals surface area contributed by atoms with Crippen LogP contribution in [0.5, 0.6) is 0 Å². The number of benzene rings is 1. The summed E-state index contributed by atoms with van der Waals surface area (Å²) < 4.78 is 20.0. The van der Waals surface area contributed by atoms with Gasteiger partial charge in [-0.25, -0.2) is 4.39 Å². The fourth-order valence-corrected chi connectivity index (χ4v) is 4.07. The first-order valence-corrected chi connectivity index (χ1v) is 10.00. The van der Waals surface area contributed by atoms with Gasteiger partial charge in [0.15, 0.2) is 0 Å². The summed E-state index contributed by atoms with van der Waals surface area (Å²) in [6.07, 6.45) is 3.71. The molecule has 0 atom stereocenters. The number of aliphatic carboxylic acids is 1. The van der Waals surface area contributed by atoms with Gasteiger partial charge in [-0.05, 0) is 37.1 Å². The average molecular weight is 419 g/mol. The maximum absolute atomic E-state index is 13.9. The Morgan fingerprint density at radius 2 is 2.00 bits per heavy atom. The molecule has 0 unspecified atom stereocenters. The van der Waals surface area contributed by atoms with Gasteiger partial charge in [0.25, 0.3) is 5.91 Å². The van der Waals surface area contributed by atoms with Crippen LogP contribution in [-0.2, 0) is 9.59 Å². The molecule has 8 heteroatoms. The number of carbonyl (C=O) groups excluding carboxylic acids is 1. The summed E-state index contributed by atoms with van der Waals surface area (Å²) in [5, 5.41) is 8.65. The van der Waals surface area contributed by atoms with Crippen LogP contribution in [0.15, 0.2) is 45.7 Å². The molecule has 0 saturated carbocycles. The number of hydrogen-bond acceptors (Lipinski definition) is 5. The van der Waals surface area contributed by atoms with Crippen LogP contribution in [-0.4, -0.2) is 32.7 Å². The zero-order valence-electron chi connectivity index (χ0n) is 14.9. The van der Waals surface area contributed by atoms with Gasteiger partial charge in [-0.3, -0.25) is 14.5 Å². The highest BCUT2D eigenvalue weighted by Gasteiger charge is 2.31. The van der Waals surface area contributed by atoms with Crippen molar-refractivity contribution in [1.82, 2.24) is 4.90 Å². The number of carboxylic acid groups (broad SMARTS) is 1. The van der Waals surface area contributed by atoms with Crippen molar-refractivity contribution in [3.8, 4) is 11.3 Å². The largest absolute Gasteiger partial charge is 0.481 e. The van der Waals surface area contributed by atoms with E-state index < -0.39 is 5.97 Å². The van der Waals surface area contributed by atoms with Crippen LogP contribution in [0.4, 0.5) is 4.39 Å². The van der Waals surface area contributed by atoms with Crippen LogP contribution in [0.2, 0.25) is 0 Å². The quantitative estimate of drug-likeness (QED) is 0.372. The molecule has 1 aromatic carbocycles. The van der Waals surface area contributed by atoms with Gasteiger partial charge < -0.3 is 9.52 Å². The van der Waals surface area contributed by atoms with E-state index >= 15 is 0 Å². The summed E-state index contributed by atoms with van der Waals surface area (Å²) in [5.74, 6) is -0.560. The smallest absolute Gasteiger partial charge is 0.303 e. The standard InChI is InChI=1S/C20H18FNO4S2/c21-15-7-4-3-6-14(15)16-10-9-13(26-16)12-17-19(25)22(20(27)28-17)11-5-1-2-8-18(23)24/h3-4,6-7,9-10,12H,1-2,5,8,11H2,(H,23,24)/b17-12+. The molecular formula is C20H18FNO4S2. The van der Waals surface area contributed by atoms with E-state index in [2.05, 4.69) is 0 Å². The van der Waals surface area contributed by atoms with Crippen molar-refractivity contribution in [2.75, 3.05) is 6.54 Å². The number of nitrogens with zero attached hydrogens (tertiary/aromatic N) is 1. The molecule has 1 aliphatic heterocycles. The summed E-state index contributed by atoms with van der Waals surface area (Å²) in [7, 11) is 0. The monoisotopic (exact) mass is 419 g/mol. The lowest BCUT2D eigenvalue weighted by Gasteiger charge is -2.13. The highest BCUT2D eigenvalue weighted by Crippen LogP contribution is 2.34. The molecule has 5 nitrogen and oxygen atoms in total. The predicted molar refractivity (Wildman–Crippen MR) is 110 cm³/mol. The minimum absolute atomic E-state index is 0.126. The van der Waals surface area contributed by atoms with Crippen molar-refractivity contribution >= 4 is 46.3 Å². The van der Waals surface area contributed by atoms with Crippen LogP contribution >= 0.6 is 24.0 Å². The molecule has 2 aromatic rings. The molecule has 1 N–H and O–H groups in total. The number of thiocarbonyl (C=S) groups is 1. The molecular weight excluding hydrogens is 401 g/mol. The summed E-state index contributed by atoms with van der Waals surface area (Å²) >= 11 is 6.48. The molecule has 3 rings (SSSR count). The number of carboxylic acids is 1. The minimum atomic E-state index is -0.818. The lowest BCUT2D eigenvalue weighted by atomic mass is 10.1. The molecule has 146 valence electrons. The normalized spacial score (nSPS) is 15.6. The van der Waals surface area contributed by atoms with E-state index in [0.717, 1.165) is 0 Å². The number of halogens is 1. The lowest BCUT2D eigenvalue weighted by molar-refractivity contribution is -0.137. The number of amides is 1. The molecule has 1 aliphatic rings. The number of thioether (sulfide) groups is 1. The zero-order chi connectivity index (χ0) is 20.1. The topological polar surface area (TPSA) is 70.8 Å².